The average molecular weight is 408 g/mol. The third-order valence-corrected chi connectivity index (χ3v) is 5.26. The quantitative estimate of drug-likeness (QED) is 0.704. The van der Waals surface area contributed by atoms with Gasteiger partial charge in [-0.2, -0.15) is 0 Å². The second-order valence-corrected chi connectivity index (χ2v) is 7.49. The summed E-state index contributed by atoms with van der Waals surface area (Å²) in [6.45, 7) is 3.37. The van der Waals surface area contributed by atoms with Crippen molar-refractivity contribution in [2.45, 2.75) is 32.2 Å². The van der Waals surface area contributed by atoms with Gasteiger partial charge in [0, 0.05) is 28.4 Å². The van der Waals surface area contributed by atoms with Crippen molar-refractivity contribution in [1.82, 2.24) is 0 Å². The summed E-state index contributed by atoms with van der Waals surface area (Å²) in [7, 11) is 0. The van der Waals surface area contributed by atoms with Gasteiger partial charge in [0.15, 0.2) is 0 Å². The molecule has 3 nitrogen and oxygen atoms in total. The summed E-state index contributed by atoms with van der Waals surface area (Å²) in [5.41, 5.74) is 2.44. The third kappa shape index (κ3) is 3.93. The first-order valence-corrected chi connectivity index (χ1v) is 9.35. The number of nitrogens with one attached hydrogen (secondary N) is 1. The molecule has 1 atom stereocenters. The smallest absolute Gasteiger partial charge is 0.257 e. The number of benzene rings is 2. The molecule has 0 saturated carbocycles. The summed E-state index contributed by atoms with van der Waals surface area (Å²) in [6.07, 6.45) is 3.78. The van der Waals surface area contributed by atoms with Crippen LogP contribution in [0.2, 0.25) is 5.02 Å². The molecule has 5 heteroatoms. The van der Waals surface area contributed by atoms with Crippen molar-refractivity contribution in [2.75, 3.05) is 16.8 Å². The fourth-order valence-electron chi connectivity index (χ4n) is 3.09. The number of nitrogens with zero attached hydrogens (tertiary/aromatic N) is 1. The number of anilines is 2. The summed E-state index contributed by atoms with van der Waals surface area (Å²) in [5.74, 6) is -0.208. The highest BCUT2D eigenvalue weighted by molar-refractivity contribution is 9.10. The van der Waals surface area contributed by atoms with Gasteiger partial charge < -0.3 is 10.2 Å². The SMILES string of the molecule is C[C@H]1CCCCN1c1ccc(NC(=O)c2cc(Br)ccc2Cl)cc1. The molecule has 1 aliphatic rings. The molecule has 0 radical (unpaired) electrons. The minimum atomic E-state index is -0.208. The largest absolute Gasteiger partial charge is 0.369 e. The lowest BCUT2D eigenvalue weighted by Gasteiger charge is -2.35. The molecule has 0 unspecified atom stereocenters. The maximum atomic E-state index is 12.4. The lowest BCUT2D eigenvalue weighted by molar-refractivity contribution is 0.102. The standard InChI is InChI=1S/C19H20BrClN2O/c1-13-4-2-3-11-23(13)16-8-6-15(7-9-16)22-19(24)17-12-14(20)5-10-18(17)21/h5-10,12-13H,2-4,11H2,1H3,(H,22,24)/t13-/m0/s1. The van der Waals surface area contributed by atoms with Gasteiger partial charge in [-0.25, -0.2) is 0 Å². The van der Waals surface area contributed by atoms with Crippen LogP contribution in [0.5, 0.6) is 0 Å². The number of rotatable bonds is 3. The number of amides is 1. The Kier molecular flexibility index (Phi) is 5.47. The van der Waals surface area contributed by atoms with Crippen molar-refractivity contribution in [2.24, 2.45) is 0 Å². The van der Waals surface area contributed by atoms with E-state index in [2.05, 4.69) is 45.2 Å². The first-order chi connectivity index (χ1) is 11.5. The van der Waals surface area contributed by atoms with Gasteiger partial charge in [0.05, 0.1) is 10.6 Å². The summed E-state index contributed by atoms with van der Waals surface area (Å²) in [4.78, 5) is 14.8. The second-order valence-electron chi connectivity index (χ2n) is 6.16. The number of carbonyl (C=O) groups excluding carboxylic acids is 1. The lowest BCUT2D eigenvalue weighted by Crippen LogP contribution is -2.37. The normalized spacial score (nSPS) is 17.6. The third-order valence-electron chi connectivity index (χ3n) is 4.43. The molecule has 1 saturated heterocycles. The number of hydrogen-bond acceptors (Lipinski definition) is 2. The van der Waals surface area contributed by atoms with E-state index in [1.165, 1.54) is 24.9 Å². The van der Waals surface area contributed by atoms with Crippen molar-refractivity contribution in [3.8, 4) is 0 Å². The number of piperidine rings is 1. The van der Waals surface area contributed by atoms with Crippen molar-refractivity contribution in [3.63, 3.8) is 0 Å². The predicted molar refractivity (Wildman–Crippen MR) is 104 cm³/mol. The fraction of sp³-hybridized carbons (Fsp3) is 0.316. The van der Waals surface area contributed by atoms with Crippen LogP contribution in [-0.2, 0) is 0 Å². The summed E-state index contributed by atoms with van der Waals surface area (Å²) in [5, 5.41) is 3.34. The van der Waals surface area contributed by atoms with E-state index in [1.807, 2.05) is 18.2 Å². The van der Waals surface area contributed by atoms with E-state index in [1.54, 1.807) is 12.1 Å². The van der Waals surface area contributed by atoms with Gasteiger partial charge in [-0.15, -0.1) is 0 Å². The molecule has 24 heavy (non-hydrogen) atoms. The molecule has 3 rings (SSSR count). The highest BCUT2D eigenvalue weighted by Gasteiger charge is 2.18. The molecule has 2 aromatic carbocycles. The predicted octanol–water partition coefficient (Wildman–Crippen LogP) is 5.73. The van der Waals surface area contributed by atoms with Crippen LogP contribution in [0.15, 0.2) is 46.9 Å². The second kappa shape index (κ2) is 7.58. The minimum absolute atomic E-state index is 0.208. The van der Waals surface area contributed by atoms with Crippen LogP contribution in [0.4, 0.5) is 11.4 Å². The molecule has 1 heterocycles. The van der Waals surface area contributed by atoms with Crippen LogP contribution in [-0.4, -0.2) is 18.5 Å². The Labute approximate surface area is 156 Å². The number of halogens is 2. The van der Waals surface area contributed by atoms with Gasteiger partial charge >= 0.3 is 0 Å². The van der Waals surface area contributed by atoms with Crippen molar-refractivity contribution in [1.29, 1.82) is 0 Å². The molecule has 0 aromatic heterocycles. The molecule has 0 aliphatic carbocycles. The van der Waals surface area contributed by atoms with Crippen molar-refractivity contribution >= 4 is 44.8 Å². The van der Waals surface area contributed by atoms with Crippen LogP contribution in [0.1, 0.15) is 36.5 Å². The average Bonchev–Trinajstić information content (AvgIpc) is 2.58. The first kappa shape index (κ1) is 17.3. The van der Waals surface area contributed by atoms with Gasteiger partial charge in [0.2, 0.25) is 0 Å². The summed E-state index contributed by atoms with van der Waals surface area (Å²) < 4.78 is 0.825. The van der Waals surface area contributed by atoms with Crippen LogP contribution >= 0.6 is 27.5 Å². The molecule has 0 bridgehead atoms. The highest BCUT2D eigenvalue weighted by atomic mass is 79.9. The molecule has 0 spiro atoms. The zero-order chi connectivity index (χ0) is 17.1. The van der Waals surface area contributed by atoms with Gasteiger partial charge in [0.25, 0.3) is 5.91 Å². The maximum absolute atomic E-state index is 12.4. The van der Waals surface area contributed by atoms with E-state index in [9.17, 15) is 4.79 Å². The Morgan fingerprint density at radius 2 is 1.96 bits per heavy atom. The topological polar surface area (TPSA) is 32.3 Å². The molecule has 1 aliphatic heterocycles. The van der Waals surface area contributed by atoms with Crippen LogP contribution < -0.4 is 10.2 Å². The van der Waals surface area contributed by atoms with Crippen molar-refractivity contribution < 1.29 is 4.79 Å². The van der Waals surface area contributed by atoms with Crippen molar-refractivity contribution in [3.05, 3.63) is 57.5 Å². The van der Waals surface area contributed by atoms with Gasteiger partial charge in [-0.05, 0) is 68.7 Å². The fourth-order valence-corrected chi connectivity index (χ4v) is 3.65. The Balaban J connectivity index is 1.72. The summed E-state index contributed by atoms with van der Waals surface area (Å²) >= 11 is 9.48. The Hall–Kier alpha value is -1.52. The Morgan fingerprint density at radius 3 is 2.67 bits per heavy atom. The molecular formula is C19H20BrClN2O. The van der Waals surface area contributed by atoms with E-state index in [0.29, 0.717) is 16.6 Å². The molecule has 2 aromatic rings. The lowest BCUT2D eigenvalue weighted by atomic mass is 10.0. The molecule has 1 N–H and O–H groups in total. The van der Waals surface area contributed by atoms with E-state index in [4.69, 9.17) is 11.6 Å². The van der Waals surface area contributed by atoms with Crippen LogP contribution in [0.25, 0.3) is 0 Å². The number of hydrogen-bond donors (Lipinski definition) is 1. The summed E-state index contributed by atoms with van der Waals surface area (Å²) in [6, 6.07) is 13.8. The minimum Gasteiger partial charge on any atom is -0.369 e. The van der Waals surface area contributed by atoms with Gasteiger partial charge in [-0.1, -0.05) is 27.5 Å². The highest BCUT2D eigenvalue weighted by Crippen LogP contribution is 2.26. The van der Waals surface area contributed by atoms with Crippen LogP contribution in [0.3, 0.4) is 0 Å². The molecule has 1 fully saturated rings. The zero-order valence-corrected chi connectivity index (χ0v) is 15.9. The van der Waals surface area contributed by atoms with E-state index in [0.717, 1.165) is 16.7 Å². The Bertz CT molecular complexity index is 733. The number of carbonyl (C=O) groups is 1. The first-order valence-electron chi connectivity index (χ1n) is 8.18. The van der Waals surface area contributed by atoms with Gasteiger partial charge in [0.1, 0.15) is 0 Å². The monoisotopic (exact) mass is 406 g/mol. The maximum Gasteiger partial charge on any atom is 0.257 e. The molecular weight excluding hydrogens is 388 g/mol. The zero-order valence-electron chi connectivity index (χ0n) is 13.6. The Morgan fingerprint density at radius 1 is 1.21 bits per heavy atom. The van der Waals surface area contributed by atoms with E-state index in [-0.39, 0.29) is 5.91 Å². The molecule has 126 valence electrons. The van der Waals surface area contributed by atoms with Crippen LogP contribution in [0, 0.1) is 0 Å². The molecule has 1 amide bonds. The van der Waals surface area contributed by atoms with E-state index < -0.39 is 0 Å². The van der Waals surface area contributed by atoms with E-state index >= 15 is 0 Å². The van der Waals surface area contributed by atoms with Gasteiger partial charge in [-0.3, -0.25) is 4.79 Å².